The summed E-state index contributed by atoms with van der Waals surface area (Å²) in [7, 11) is 1.71. The molecule has 1 unspecified atom stereocenters. The molecule has 1 aromatic carbocycles. The van der Waals surface area contributed by atoms with Gasteiger partial charge >= 0.3 is 0 Å². The minimum absolute atomic E-state index is 0.296. The number of ether oxygens (including phenoxy) is 1. The Morgan fingerprint density at radius 1 is 1.00 bits per heavy atom. The zero-order valence-electron chi connectivity index (χ0n) is 13.5. The van der Waals surface area contributed by atoms with Crippen LogP contribution in [0.3, 0.4) is 0 Å². The lowest BCUT2D eigenvalue weighted by Crippen LogP contribution is -2.33. The van der Waals surface area contributed by atoms with Crippen molar-refractivity contribution in [3.8, 4) is 5.75 Å². The molecule has 1 aromatic rings. The van der Waals surface area contributed by atoms with Crippen LogP contribution < -0.4 is 10.5 Å². The summed E-state index contributed by atoms with van der Waals surface area (Å²) in [5.41, 5.74) is 7.32. The molecular formula is C18H31NO. The van der Waals surface area contributed by atoms with E-state index < -0.39 is 0 Å². The molecule has 114 valence electrons. The molecule has 0 aliphatic rings. The molecule has 0 aromatic heterocycles. The van der Waals surface area contributed by atoms with E-state index in [1.54, 1.807) is 7.11 Å². The van der Waals surface area contributed by atoms with Gasteiger partial charge in [-0.1, -0.05) is 70.1 Å². The SMILES string of the molecule is CCCCCCCCCC(C)(N)c1ccccc1OC. The van der Waals surface area contributed by atoms with Crippen molar-refractivity contribution in [3.05, 3.63) is 29.8 Å². The Labute approximate surface area is 124 Å². The van der Waals surface area contributed by atoms with Crippen molar-refractivity contribution in [1.82, 2.24) is 0 Å². The van der Waals surface area contributed by atoms with Gasteiger partial charge in [0, 0.05) is 11.1 Å². The smallest absolute Gasteiger partial charge is 0.123 e. The van der Waals surface area contributed by atoms with Crippen LogP contribution in [0.4, 0.5) is 0 Å². The fraction of sp³-hybridized carbons (Fsp3) is 0.667. The third-order valence-electron chi connectivity index (χ3n) is 4.02. The summed E-state index contributed by atoms with van der Waals surface area (Å²) in [6.07, 6.45) is 10.3. The number of rotatable bonds is 10. The molecule has 1 atom stereocenters. The lowest BCUT2D eigenvalue weighted by atomic mass is 9.87. The van der Waals surface area contributed by atoms with Crippen LogP contribution in [-0.2, 0) is 5.54 Å². The van der Waals surface area contributed by atoms with Crippen molar-refractivity contribution >= 4 is 0 Å². The molecule has 0 aliphatic heterocycles. The average molecular weight is 277 g/mol. The summed E-state index contributed by atoms with van der Waals surface area (Å²) in [6, 6.07) is 8.10. The standard InChI is InChI=1S/C18H31NO/c1-4-5-6-7-8-9-12-15-18(2,19)16-13-10-11-14-17(16)20-3/h10-11,13-14H,4-9,12,15,19H2,1-3H3. The van der Waals surface area contributed by atoms with Gasteiger partial charge in [-0.15, -0.1) is 0 Å². The molecule has 0 saturated carbocycles. The summed E-state index contributed by atoms with van der Waals surface area (Å²) < 4.78 is 5.42. The van der Waals surface area contributed by atoms with Gasteiger partial charge in [0.05, 0.1) is 7.11 Å². The van der Waals surface area contributed by atoms with E-state index in [-0.39, 0.29) is 5.54 Å². The predicted octanol–water partition coefficient (Wildman–Crippen LogP) is 5.01. The highest BCUT2D eigenvalue weighted by Crippen LogP contribution is 2.31. The van der Waals surface area contributed by atoms with E-state index in [1.807, 2.05) is 18.2 Å². The first-order chi connectivity index (χ1) is 9.61. The van der Waals surface area contributed by atoms with Crippen molar-refractivity contribution in [2.45, 2.75) is 70.8 Å². The molecule has 2 heteroatoms. The maximum Gasteiger partial charge on any atom is 0.123 e. The highest BCUT2D eigenvalue weighted by molar-refractivity contribution is 5.38. The molecule has 1 rings (SSSR count). The van der Waals surface area contributed by atoms with E-state index in [0.717, 1.165) is 17.7 Å². The molecule has 2 nitrogen and oxygen atoms in total. The van der Waals surface area contributed by atoms with E-state index in [0.29, 0.717) is 0 Å². The van der Waals surface area contributed by atoms with Crippen LogP contribution in [0, 0.1) is 0 Å². The summed E-state index contributed by atoms with van der Waals surface area (Å²) in [6.45, 7) is 4.37. The molecule has 0 aliphatic carbocycles. The molecule has 0 fully saturated rings. The Morgan fingerprint density at radius 3 is 2.25 bits per heavy atom. The van der Waals surface area contributed by atoms with Crippen molar-refractivity contribution in [2.75, 3.05) is 7.11 Å². The van der Waals surface area contributed by atoms with Crippen LogP contribution in [-0.4, -0.2) is 7.11 Å². The van der Waals surface area contributed by atoms with E-state index >= 15 is 0 Å². The van der Waals surface area contributed by atoms with Gasteiger partial charge in [0.25, 0.3) is 0 Å². The van der Waals surface area contributed by atoms with Crippen molar-refractivity contribution in [2.24, 2.45) is 5.73 Å². The number of unbranched alkanes of at least 4 members (excludes halogenated alkanes) is 6. The highest BCUT2D eigenvalue weighted by Gasteiger charge is 2.23. The Kier molecular flexibility index (Phi) is 7.68. The van der Waals surface area contributed by atoms with Gasteiger partial charge in [-0.05, 0) is 19.4 Å². The number of hydrogen-bond donors (Lipinski definition) is 1. The van der Waals surface area contributed by atoms with Gasteiger partial charge in [0.2, 0.25) is 0 Å². The molecule has 0 bridgehead atoms. The van der Waals surface area contributed by atoms with Crippen LogP contribution in [0.5, 0.6) is 5.75 Å². The van der Waals surface area contributed by atoms with Crippen molar-refractivity contribution < 1.29 is 4.74 Å². The van der Waals surface area contributed by atoms with Crippen LogP contribution >= 0.6 is 0 Å². The molecule has 0 spiro atoms. The van der Waals surface area contributed by atoms with Gasteiger partial charge in [-0.2, -0.15) is 0 Å². The van der Waals surface area contributed by atoms with Crippen molar-refractivity contribution in [3.63, 3.8) is 0 Å². The molecule has 20 heavy (non-hydrogen) atoms. The lowest BCUT2D eigenvalue weighted by Gasteiger charge is -2.27. The number of benzene rings is 1. The van der Waals surface area contributed by atoms with E-state index in [9.17, 15) is 0 Å². The lowest BCUT2D eigenvalue weighted by molar-refractivity contribution is 0.370. The van der Waals surface area contributed by atoms with E-state index in [1.165, 1.54) is 44.9 Å². The quantitative estimate of drug-likeness (QED) is 0.610. The van der Waals surface area contributed by atoms with Gasteiger partial charge in [-0.3, -0.25) is 0 Å². The van der Waals surface area contributed by atoms with Gasteiger partial charge in [0.1, 0.15) is 5.75 Å². The monoisotopic (exact) mass is 277 g/mol. The van der Waals surface area contributed by atoms with Crippen LogP contribution in [0.1, 0.15) is 70.8 Å². The van der Waals surface area contributed by atoms with Gasteiger partial charge in [0.15, 0.2) is 0 Å². The predicted molar refractivity (Wildman–Crippen MR) is 87.1 cm³/mol. The Morgan fingerprint density at radius 2 is 1.60 bits per heavy atom. The molecule has 2 N–H and O–H groups in total. The fourth-order valence-electron chi connectivity index (χ4n) is 2.70. The third-order valence-corrected chi connectivity index (χ3v) is 4.02. The first kappa shape index (κ1) is 17.0. The molecular weight excluding hydrogens is 246 g/mol. The van der Waals surface area contributed by atoms with E-state index in [2.05, 4.69) is 19.9 Å². The topological polar surface area (TPSA) is 35.2 Å². The minimum Gasteiger partial charge on any atom is -0.496 e. The second kappa shape index (κ2) is 9.02. The Bertz CT molecular complexity index is 373. The second-order valence-electron chi connectivity index (χ2n) is 5.99. The summed E-state index contributed by atoms with van der Waals surface area (Å²) in [5, 5.41) is 0. The molecule has 0 amide bonds. The van der Waals surface area contributed by atoms with Crippen LogP contribution in [0.2, 0.25) is 0 Å². The largest absolute Gasteiger partial charge is 0.496 e. The van der Waals surface area contributed by atoms with Gasteiger partial charge < -0.3 is 10.5 Å². The van der Waals surface area contributed by atoms with Crippen LogP contribution in [0.15, 0.2) is 24.3 Å². The zero-order valence-corrected chi connectivity index (χ0v) is 13.5. The maximum absolute atomic E-state index is 6.50. The fourth-order valence-corrected chi connectivity index (χ4v) is 2.70. The first-order valence-electron chi connectivity index (χ1n) is 8.04. The van der Waals surface area contributed by atoms with Crippen molar-refractivity contribution in [1.29, 1.82) is 0 Å². The molecule has 0 radical (unpaired) electrons. The molecule has 0 saturated heterocycles. The zero-order chi connectivity index (χ0) is 14.8. The first-order valence-corrected chi connectivity index (χ1v) is 8.04. The number of para-hydroxylation sites is 1. The minimum atomic E-state index is -0.296. The van der Waals surface area contributed by atoms with E-state index in [4.69, 9.17) is 10.5 Å². The summed E-state index contributed by atoms with van der Waals surface area (Å²) >= 11 is 0. The van der Waals surface area contributed by atoms with Gasteiger partial charge in [-0.25, -0.2) is 0 Å². The Balaban J connectivity index is 2.37. The summed E-state index contributed by atoms with van der Waals surface area (Å²) in [4.78, 5) is 0. The third kappa shape index (κ3) is 5.54. The Hall–Kier alpha value is -1.02. The van der Waals surface area contributed by atoms with Crippen LogP contribution in [0.25, 0.3) is 0 Å². The highest BCUT2D eigenvalue weighted by atomic mass is 16.5. The number of hydrogen-bond acceptors (Lipinski definition) is 2. The average Bonchev–Trinajstić information content (AvgIpc) is 2.46. The number of methoxy groups -OCH3 is 1. The molecule has 0 heterocycles. The number of nitrogens with two attached hydrogens (primary N) is 1. The maximum atomic E-state index is 6.50. The second-order valence-corrected chi connectivity index (χ2v) is 5.99. The summed E-state index contributed by atoms with van der Waals surface area (Å²) in [5.74, 6) is 0.903. The normalized spacial score (nSPS) is 14.0.